The Hall–Kier alpha value is -0.610. The molecule has 0 saturated carbocycles. The van der Waals surface area contributed by atoms with Gasteiger partial charge in [0, 0.05) is 18.6 Å². The summed E-state index contributed by atoms with van der Waals surface area (Å²) in [5.74, 6) is 0.0301. The van der Waals surface area contributed by atoms with Gasteiger partial charge in [0.2, 0.25) is 5.91 Å². The van der Waals surface area contributed by atoms with Crippen molar-refractivity contribution in [2.45, 2.75) is 53.5 Å². The van der Waals surface area contributed by atoms with Crippen LogP contribution in [0, 0.1) is 5.41 Å². The first-order valence-corrected chi connectivity index (χ1v) is 6.96. The van der Waals surface area contributed by atoms with Crippen molar-refractivity contribution in [3.8, 4) is 0 Å². The zero-order chi connectivity index (χ0) is 14.4. The molecule has 1 amide bonds. The van der Waals surface area contributed by atoms with Gasteiger partial charge in [-0.25, -0.2) is 0 Å². The minimum Gasteiger partial charge on any atom is -0.354 e. The molecule has 0 aromatic carbocycles. The average molecular weight is 257 g/mol. The summed E-state index contributed by atoms with van der Waals surface area (Å²) in [5, 5.41) is 2.99. The van der Waals surface area contributed by atoms with Gasteiger partial charge in [0.1, 0.15) is 0 Å². The molecule has 0 fully saturated rings. The highest BCUT2D eigenvalue weighted by molar-refractivity contribution is 5.83. The van der Waals surface area contributed by atoms with Crippen LogP contribution in [0.3, 0.4) is 0 Å². The molecule has 0 aromatic heterocycles. The van der Waals surface area contributed by atoms with E-state index in [1.54, 1.807) is 0 Å². The lowest BCUT2D eigenvalue weighted by Gasteiger charge is -2.37. The molecule has 0 rings (SSSR count). The quantitative estimate of drug-likeness (QED) is 0.694. The lowest BCUT2D eigenvalue weighted by Crippen LogP contribution is -2.56. The number of hydrogen-bond acceptors (Lipinski definition) is 3. The molecule has 3 N–H and O–H groups in total. The van der Waals surface area contributed by atoms with Crippen LogP contribution in [-0.4, -0.2) is 42.5 Å². The maximum atomic E-state index is 12.1. The molecule has 0 radical (unpaired) electrons. The maximum absolute atomic E-state index is 12.1. The van der Waals surface area contributed by atoms with Gasteiger partial charge in [-0.2, -0.15) is 0 Å². The minimum atomic E-state index is -0.561. The fraction of sp³-hybridized carbons (Fsp3) is 0.929. The predicted octanol–water partition coefficient (Wildman–Crippen LogP) is 1.60. The van der Waals surface area contributed by atoms with Crippen LogP contribution in [0.25, 0.3) is 0 Å². The zero-order valence-electron chi connectivity index (χ0n) is 13.0. The van der Waals surface area contributed by atoms with Crippen molar-refractivity contribution in [3.05, 3.63) is 0 Å². The van der Waals surface area contributed by atoms with E-state index in [1.807, 2.05) is 27.7 Å². The lowest BCUT2D eigenvalue weighted by molar-refractivity contribution is -0.132. The minimum absolute atomic E-state index is 0.0301. The Bertz CT molecular complexity index is 256. The van der Waals surface area contributed by atoms with E-state index in [2.05, 4.69) is 24.1 Å². The zero-order valence-corrected chi connectivity index (χ0v) is 13.0. The second-order valence-electron chi connectivity index (χ2n) is 6.04. The molecule has 108 valence electrons. The third-order valence-corrected chi connectivity index (χ3v) is 3.88. The van der Waals surface area contributed by atoms with Crippen molar-refractivity contribution in [1.29, 1.82) is 0 Å². The number of carbonyl (C=O) groups excluding carboxylic acids is 1. The summed E-state index contributed by atoms with van der Waals surface area (Å²) in [5.41, 5.74) is 4.96. The first-order valence-electron chi connectivity index (χ1n) is 6.96. The summed E-state index contributed by atoms with van der Waals surface area (Å²) >= 11 is 0. The summed E-state index contributed by atoms with van der Waals surface area (Å²) in [6.45, 7) is 15.6. The van der Waals surface area contributed by atoms with E-state index in [4.69, 9.17) is 5.73 Å². The molecule has 18 heavy (non-hydrogen) atoms. The van der Waals surface area contributed by atoms with Crippen LogP contribution in [-0.2, 0) is 4.79 Å². The van der Waals surface area contributed by atoms with Gasteiger partial charge in [-0.05, 0) is 47.2 Å². The van der Waals surface area contributed by atoms with Crippen molar-refractivity contribution in [1.82, 2.24) is 10.2 Å². The van der Waals surface area contributed by atoms with E-state index >= 15 is 0 Å². The number of hydrogen-bond donors (Lipinski definition) is 2. The fourth-order valence-electron chi connectivity index (χ4n) is 1.59. The number of rotatable bonds is 8. The van der Waals surface area contributed by atoms with E-state index in [9.17, 15) is 4.79 Å². The number of nitrogens with two attached hydrogens (primary N) is 1. The van der Waals surface area contributed by atoms with E-state index in [0.29, 0.717) is 6.54 Å². The van der Waals surface area contributed by atoms with E-state index < -0.39 is 11.0 Å². The highest BCUT2D eigenvalue weighted by Crippen LogP contribution is 2.28. The van der Waals surface area contributed by atoms with Crippen molar-refractivity contribution in [2.24, 2.45) is 11.1 Å². The summed E-state index contributed by atoms with van der Waals surface area (Å²) in [7, 11) is 0. The molecule has 0 unspecified atom stereocenters. The first-order chi connectivity index (χ1) is 8.16. The Labute approximate surface area is 112 Å². The van der Waals surface area contributed by atoms with Crippen LogP contribution in [0.1, 0.15) is 48.0 Å². The highest BCUT2D eigenvalue weighted by atomic mass is 16.2. The van der Waals surface area contributed by atoms with Gasteiger partial charge in [0.05, 0.1) is 5.41 Å². The molecular weight excluding hydrogens is 226 g/mol. The van der Waals surface area contributed by atoms with Crippen molar-refractivity contribution in [2.75, 3.05) is 26.2 Å². The molecule has 0 saturated heterocycles. The largest absolute Gasteiger partial charge is 0.354 e. The van der Waals surface area contributed by atoms with Crippen LogP contribution in [0.2, 0.25) is 0 Å². The Kier molecular flexibility index (Phi) is 6.86. The molecule has 0 aromatic rings. The molecule has 0 atom stereocenters. The Morgan fingerprint density at radius 2 is 1.72 bits per heavy atom. The van der Waals surface area contributed by atoms with Gasteiger partial charge >= 0.3 is 0 Å². The van der Waals surface area contributed by atoms with Gasteiger partial charge in [0.15, 0.2) is 0 Å². The number of amides is 1. The van der Waals surface area contributed by atoms with E-state index in [-0.39, 0.29) is 5.91 Å². The second kappa shape index (κ2) is 7.10. The van der Waals surface area contributed by atoms with Gasteiger partial charge in [-0.3, -0.25) is 4.79 Å². The fourth-order valence-corrected chi connectivity index (χ4v) is 1.59. The molecule has 0 bridgehead atoms. The smallest absolute Gasteiger partial charge is 0.227 e. The molecule has 4 nitrogen and oxygen atoms in total. The number of carbonyl (C=O) groups is 1. The Balaban J connectivity index is 4.19. The standard InChI is InChI=1S/C14H31N3O/c1-7-10-17(8-2)11-9-16-12(18)13(3,4)14(5,6)15/h7-11,15H2,1-6H3,(H,16,18). The molecular formula is C14H31N3O. The van der Waals surface area contributed by atoms with E-state index in [0.717, 1.165) is 26.1 Å². The molecule has 0 spiro atoms. The number of nitrogens with zero attached hydrogens (tertiary/aromatic N) is 1. The predicted molar refractivity (Wildman–Crippen MR) is 77.5 cm³/mol. The monoisotopic (exact) mass is 257 g/mol. The van der Waals surface area contributed by atoms with E-state index in [1.165, 1.54) is 0 Å². The maximum Gasteiger partial charge on any atom is 0.227 e. The van der Waals surface area contributed by atoms with Gasteiger partial charge < -0.3 is 16.0 Å². The second-order valence-corrected chi connectivity index (χ2v) is 6.04. The normalized spacial score (nSPS) is 12.9. The Morgan fingerprint density at radius 1 is 1.17 bits per heavy atom. The molecule has 0 aliphatic heterocycles. The first kappa shape index (κ1) is 17.4. The van der Waals surface area contributed by atoms with Gasteiger partial charge in [0.25, 0.3) is 0 Å². The summed E-state index contributed by atoms with van der Waals surface area (Å²) in [6.07, 6.45) is 1.14. The number of likely N-dealkylation sites (N-methyl/N-ethyl adjacent to an activating group) is 1. The third kappa shape index (κ3) is 4.94. The summed E-state index contributed by atoms with van der Waals surface area (Å²) in [4.78, 5) is 14.5. The molecule has 0 aliphatic rings. The lowest BCUT2D eigenvalue weighted by atomic mass is 9.74. The highest BCUT2D eigenvalue weighted by Gasteiger charge is 2.40. The van der Waals surface area contributed by atoms with Gasteiger partial charge in [-0.1, -0.05) is 13.8 Å². The average Bonchev–Trinajstić information content (AvgIpc) is 2.26. The Morgan fingerprint density at radius 3 is 2.11 bits per heavy atom. The van der Waals surface area contributed by atoms with Crippen LogP contribution >= 0.6 is 0 Å². The van der Waals surface area contributed by atoms with Crippen molar-refractivity contribution < 1.29 is 4.79 Å². The summed E-state index contributed by atoms with van der Waals surface area (Å²) < 4.78 is 0. The molecule has 4 heteroatoms. The number of nitrogens with one attached hydrogen (secondary N) is 1. The van der Waals surface area contributed by atoms with Crippen molar-refractivity contribution in [3.63, 3.8) is 0 Å². The molecule has 0 aliphatic carbocycles. The van der Waals surface area contributed by atoms with Crippen LogP contribution in [0.5, 0.6) is 0 Å². The summed E-state index contributed by atoms with van der Waals surface area (Å²) in [6, 6.07) is 0. The third-order valence-electron chi connectivity index (χ3n) is 3.88. The molecule has 0 heterocycles. The van der Waals surface area contributed by atoms with Gasteiger partial charge in [-0.15, -0.1) is 0 Å². The topological polar surface area (TPSA) is 58.4 Å². The SMILES string of the molecule is CCCN(CC)CCNC(=O)C(C)(C)C(C)(C)N. The van der Waals surface area contributed by atoms with Crippen LogP contribution in [0.15, 0.2) is 0 Å². The van der Waals surface area contributed by atoms with Crippen molar-refractivity contribution >= 4 is 5.91 Å². The van der Waals surface area contributed by atoms with Crippen LogP contribution in [0.4, 0.5) is 0 Å². The van der Waals surface area contributed by atoms with Crippen LogP contribution < -0.4 is 11.1 Å².